The summed E-state index contributed by atoms with van der Waals surface area (Å²) in [6, 6.07) is 41.6. The van der Waals surface area contributed by atoms with E-state index in [1.807, 2.05) is 0 Å². The summed E-state index contributed by atoms with van der Waals surface area (Å²) in [5.41, 5.74) is 11.3. The minimum absolute atomic E-state index is 0.00398. The van der Waals surface area contributed by atoms with E-state index in [1.54, 1.807) is 0 Å². The number of nitrogens with one attached hydrogen (secondary N) is 1. The normalized spacial score (nSPS) is 13.7. The van der Waals surface area contributed by atoms with Crippen LogP contribution >= 0.6 is 0 Å². The lowest BCUT2D eigenvalue weighted by Crippen LogP contribution is -2.15. The van der Waals surface area contributed by atoms with E-state index >= 15 is 0 Å². The van der Waals surface area contributed by atoms with Gasteiger partial charge in [-0.15, -0.1) is 0 Å². The van der Waals surface area contributed by atoms with Gasteiger partial charge in [0.2, 0.25) is 0 Å². The SMILES string of the molecule is CC1(C)c2ccccc2-c2ccc(Nc3ccc(-n4c5ccccc5c5ccccc54)cc3)cc21. The average Bonchev–Trinajstić information content (AvgIpc) is 3.34. The van der Waals surface area contributed by atoms with E-state index in [0.717, 1.165) is 11.4 Å². The molecule has 1 N–H and O–H groups in total. The molecule has 2 heteroatoms. The van der Waals surface area contributed by atoms with Crippen LogP contribution in [0.1, 0.15) is 25.0 Å². The first-order chi connectivity index (χ1) is 17.1. The van der Waals surface area contributed by atoms with Crippen molar-refractivity contribution < 1.29 is 0 Å². The van der Waals surface area contributed by atoms with Gasteiger partial charge in [-0.3, -0.25) is 0 Å². The monoisotopic (exact) mass is 450 g/mol. The van der Waals surface area contributed by atoms with E-state index in [-0.39, 0.29) is 5.41 Å². The Morgan fingerprint density at radius 3 is 1.83 bits per heavy atom. The summed E-state index contributed by atoms with van der Waals surface area (Å²) in [5.74, 6) is 0. The fraction of sp³-hybridized carbons (Fsp3) is 0.0909. The Hall–Kier alpha value is -4.30. The maximum absolute atomic E-state index is 3.64. The van der Waals surface area contributed by atoms with Gasteiger partial charge in [-0.2, -0.15) is 0 Å². The molecule has 0 unspecified atom stereocenters. The lowest BCUT2D eigenvalue weighted by atomic mass is 9.82. The van der Waals surface area contributed by atoms with Crippen molar-refractivity contribution in [1.29, 1.82) is 0 Å². The third kappa shape index (κ3) is 2.96. The van der Waals surface area contributed by atoms with Crippen LogP contribution in [0.25, 0.3) is 38.6 Å². The molecule has 0 atom stereocenters. The number of fused-ring (bicyclic) bond motifs is 6. The molecule has 6 aromatic rings. The number of anilines is 2. The number of nitrogens with zero attached hydrogens (tertiary/aromatic N) is 1. The smallest absolute Gasteiger partial charge is 0.0541 e. The molecular formula is C33H26N2. The molecule has 2 nitrogen and oxygen atoms in total. The van der Waals surface area contributed by atoms with Crippen molar-refractivity contribution in [2.75, 3.05) is 5.32 Å². The highest BCUT2D eigenvalue weighted by atomic mass is 15.0. The second kappa shape index (κ2) is 7.35. The second-order valence-corrected chi connectivity index (χ2v) is 9.97. The predicted molar refractivity (Wildman–Crippen MR) is 148 cm³/mol. The molecule has 0 fully saturated rings. The van der Waals surface area contributed by atoms with Crippen molar-refractivity contribution in [2.24, 2.45) is 0 Å². The number of para-hydroxylation sites is 2. The van der Waals surface area contributed by atoms with Crippen LogP contribution in [0.5, 0.6) is 0 Å². The quantitative estimate of drug-likeness (QED) is 0.285. The highest BCUT2D eigenvalue weighted by Gasteiger charge is 2.35. The van der Waals surface area contributed by atoms with E-state index < -0.39 is 0 Å². The molecule has 1 aromatic heterocycles. The predicted octanol–water partition coefficient (Wildman–Crippen LogP) is 8.83. The van der Waals surface area contributed by atoms with Gasteiger partial charge < -0.3 is 9.88 Å². The van der Waals surface area contributed by atoms with Crippen molar-refractivity contribution in [3.8, 4) is 16.8 Å². The lowest BCUT2D eigenvalue weighted by molar-refractivity contribution is 0.660. The first kappa shape index (κ1) is 20.1. The van der Waals surface area contributed by atoms with Gasteiger partial charge in [-0.25, -0.2) is 0 Å². The van der Waals surface area contributed by atoms with Crippen molar-refractivity contribution in [3.05, 3.63) is 126 Å². The molecule has 5 aromatic carbocycles. The van der Waals surface area contributed by atoms with Crippen LogP contribution in [0, 0.1) is 0 Å². The minimum Gasteiger partial charge on any atom is -0.356 e. The van der Waals surface area contributed by atoms with Gasteiger partial charge in [-0.05, 0) is 70.8 Å². The fourth-order valence-corrected chi connectivity index (χ4v) is 5.84. The molecule has 1 aliphatic rings. The average molecular weight is 451 g/mol. The summed E-state index contributed by atoms with van der Waals surface area (Å²) in [6.45, 7) is 4.64. The molecule has 1 aliphatic carbocycles. The Labute approximate surface area is 205 Å². The second-order valence-electron chi connectivity index (χ2n) is 9.97. The number of hydrogen-bond acceptors (Lipinski definition) is 1. The van der Waals surface area contributed by atoms with Crippen molar-refractivity contribution in [3.63, 3.8) is 0 Å². The highest BCUT2D eigenvalue weighted by Crippen LogP contribution is 2.49. The van der Waals surface area contributed by atoms with Crippen molar-refractivity contribution in [1.82, 2.24) is 4.57 Å². The molecule has 35 heavy (non-hydrogen) atoms. The van der Waals surface area contributed by atoms with E-state index in [4.69, 9.17) is 0 Å². The van der Waals surface area contributed by atoms with E-state index in [2.05, 4.69) is 139 Å². The summed E-state index contributed by atoms with van der Waals surface area (Å²) in [7, 11) is 0. The number of hydrogen-bond donors (Lipinski definition) is 1. The third-order valence-corrected chi connectivity index (χ3v) is 7.58. The Morgan fingerprint density at radius 2 is 1.11 bits per heavy atom. The van der Waals surface area contributed by atoms with Gasteiger partial charge in [0.1, 0.15) is 0 Å². The topological polar surface area (TPSA) is 17.0 Å². The zero-order valence-electron chi connectivity index (χ0n) is 19.9. The number of benzene rings is 5. The molecule has 168 valence electrons. The summed E-state index contributed by atoms with van der Waals surface area (Å²) in [4.78, 5) is 0. The molecule has 0 aliphatic heterocycles. The van der Waals surface area contributed by atoms with Gasteiger partial charge in [0.25, 0.3) is 0 Å². The summed E-state index contributed by atoms with van der Waals surface area (Å²) >= 11 is 0. The summed E-state index contributed by atoms with van der Waals surface area (Å²) in [5, 5.41) is 6.20. The molecule has 0 amide bonds. The van der Waals surface area contributed by atoms with Crippen LogP contribution < -0.4 is 5.32 Å². The van der Waals surface area contributed by atoms with Gasteiger partial charge in [0.05, 0.1) is 11.0 Å². The fourth-order valence-electron chi connectivity index (χ4n) is 5.84. The van der Waals surface area contributed by atoms with Crippen LogP contribution in [0.2, 0.25) is 0 Å². The molecule has 0 spiro atoms. The molecule has 7 rings (SSSR count). The van der Waals surface area contributed by atoms with E-state index in [0.29, 0.717) is 0 Å². The molecule has 0 saturated heterocycles. The first-order valence-corrected chi connectivity index (χ1v) is 12.2. The Kier molecular flexibility index (Phi) is 4.22. The molecule has 1 heterocycles. The third-order valence-electron chi connectivity index (χ3n) is 7.58. The Balaban J connectivity index is 1.24. The summed E-state index contributed by atoms with van der Waals surface area (Å²) in [6.07, 6.45) is 0. The van der Waals surface area contributed by atoms with Crippen molar-refractivity contribution in [2.45, 2.75) is 19.3 Å². The zero-order chi connectivity index (χ0) is 23.6. The molecule has 0 radical (unpaired) electrons. The summed E-state index contributed by atoms with van der Waals surface area (Å²) < 4.78 is 2.35. The van der Waals surface area contributed by atoms with Crippen LogP contribution in [0.4, 0.5) is 11.4 Å². The molecule has 0 bridgehead atoms. The van der Waals surface area contributed by atoms with Gasteiger partial charge in [0.15, 0.2) is 0 Å². The van der Waals surface area contributed by atoms with Crippen LogP contribution in [-0.2, 0) is 5.41 Å². The van der Waals surface area contributed by atoms with Crippen LogP contribution in [0.15, 0.2) is 115 Å². The molecular weight excluding hydrogens is 424 g/mol. The van der Waals surface area contributed by atoms with Gasteiger partial charge in [-0.1, -0.05) is 80.6 Å². The van der Waals surface area contributed by atoms with Crippen LogP contribution in [0.3, 0.4) is 0 Å². The highest BCUT2D eigenvalue weighted by molar-refractivity contribution is 6.09. The largest absolute Gasteiger partial charge is 0.356 e. The van der Waals surface area contributed by atoms with Gasteiger partial charge in [0, 0.05) is 33.2 Å². The van der Waals surface area contributed by atoms with Gasteiger partial charge >= 0.3 is 0 Å². The van der Waals surface area contributed by atoms with Crippen LogP contribution in [-0.4, -0.2) is 4.57 Å². The Bertz CT molecular complexity index is 1680. The number of aromatic nitrogens is 1. The Morgan fingerprint density at radius 1 is 0.543 bits per heavy atom. The van der Waals surface area contributed by atoms with Crippen molar-refractivity contribution >= 4 is 33.2 Å². The lowest BCUT2D eigenvalue weighted by Gasteiger charge is -2.22. The maximum atomic E-state index is 3.64. The first-order valence-electron chi connectivity index (χ1n) is 12.2. The standard InChI is InChI=1S/C33H26N2/c1-33(2)29-12-6-3-9-25(29)26-20-17-23(21-30(26)33)34-22-15-18-24(19-16-22)35-31-13-7-4-10-27(31)28-11-5-8-14-32(28)35/h3-21,34H,1-2H3. The zero-order valence-corrected chi connectivity index (χ0v) is 19.9. The number of rotatable bonds is 3. The van der Waals surface area contributed by atoms with E-state index in [9.17, 15) is 0 Å². The van der Waals surface area contributed by atoms with E-state index in [1.165, 1.54) is 49.7 Å². The minimum atomic E-state index is 0.00398. The molecule has 0 saturated carbocycles. The maximum Gasteiger partial charge on any atom is 0.0541 e.